The molecule has 0 unspecified atom stereocenters. The van der Waals surface area contributed by atoms with Crippen LogP contribution in [0.3, 0.4) is 0 Å². The standard InChI is InChI=1S/C19H18F3N3O3/c1-2-10-28-16-8-6-13(7-9-16)12-23-25-18(27)17(26)24-15-5-3-4-14(11-15)19(20,21)22/h3-9,11-12H,2,10H2,1H3,(H,24,26)(H,25,27)/b23-12+. The summed E-state index contributed by atoms with van der Waals surface area (Å²) in [5, 5.41) is 5.74. The molecule has 0 fully saturated rings. The van der Waals surface area contributed by atoms with E-state index in [1.807, 2.05) is 12.3 Å². The van der Waals surface area contributed by atoms with Gasteiger partial charge in [-0.25, -0.2) is 5.43 Å². The molecule has 9 heteroatoms. The van der Waals surface area contributed by atoms with Gasteiger partial charge in [-0.15, -0.1) is 0 Å². The molecule has 0 aromatic heterocycles. The largest absolute Gasteiger partial charge is 0.494 e. The van der Waals surface area contributed by atoms with Crippen LogP contribution in [0.1, 0.15) is 24.5 Å². The zero-order chi connectivity index (χ0) is 20.6. The Morgan fingerprint density at radius 2 is 1.82 bits per heavy atom. The van der Waals surface area contributed by atoms with E-state index in [0.717, 1.165) is 24.6 Å². The van der Waals surface area contributed by atoms with Crippen molar-refractivity contribution in [3.8, 4) is 5.75 Å². The first-order valence-corrected chi connectivity index (χ1v) is 8.34. The fourth-order valence-electron chi connectivity index (χ4n) is 2.05. The summed E-state index contributed by atoms with van der Waals surface area (Å²) in [7, 11) is 0. The van der Waals surface area contributed by atoms with Crippen molar-refractivity contribution < 1.29 is 27.5 Å². The quantitative estimate of drug-likeness (QED) is 0.447. The molecule has 2 aromatic carbocycles. The molecule has 2 aromatic rings. The maximum Gasteiger partial charge on any atom is 0.416 e. The predicted molar refractivity (Wildman–Crippen MR) is 98.0 cm³/mol. The molecule has 2 rings (SSSR count). The molecule has 148 valence electrons. The summed E-state index contributed by atoms with van der Waals surface area (Å²) in [6, 6.07) is 10.9. The SMILES string of the molecule is CCCOc1ccc(/C=N/NC(=O)C(=O)Nc2cccc(C(F)(F)F)c2)cc1. The van der Waals surface area contributed by atoms with Crippen LogP contribution >= 0.6 is 0 Å². The molecular formula is C19H18F3N3O3. The van der Waals surface area contributed by atoms with Crippen LogP contribution < -0.4 is 15.5 Å². The van der Waals surface area contributed by atoms with Crippen LogP contribution in [0.2, 0.25) is 0 Å². The molecule has 28 heavy (non-hydrogen) atoms. The lowest BCUT2D eigenvalue weighted by atomic mass is 10.2. The highest BCUT2D eigenvalue weighted by Gasteiger charge is 2.30. The summed E-state index contributed by atoms with van der Waals surface area (Å²) < 4.78 is 43.4. The Hall–Kier alpha value is -3.36. The first-order valence-electron chi connectivity index (χ1n) is 8.34. The van der Waals surface area contributed by atoms with Gasteiger partial charge >= 0.3 is 18.0 Å². The minimum Gasteiger partial charge on any atom is -0.494 e. The molecule has 0 aliphatic heterocycles. The highest BCUT2D eigenvalue weighted by molar-refractivity contribution is 6.39. The van der Waals surface area contributed by atoms with Crippen LogP contribution in [0.15, 0.2) is 53.6 Å². The van der Waals surface area contributed by atoms with E-state index in [4.69, 9.17) is 4.74 Å². The van der Waals surface area contributed by atoms with Crippen molar-refractivity contribution >= 4 is 23.7 Å². The molecule has 0 radical (unpaired) electrons. The number of hydrogen-bond acceptors (Lipinski definition) is 4. The third kappa shape index (κ3) is 6.42. The monoisotopic (exact) mass is 393 g/mol. The van der Waals surface area contributed by atoms with Crippen molar-refractivity contribution in [3.63, 3.8) is 0 Å². The summed E-state index contributed by atoms with van der Waals surface area (Å²) >= 11 is 0. The molecule has 0 saturated heterocycles. The number of halogens is 3. The topological polar surface area (TPSA) is 79.8 Å². The zero-order valence-corrected chi connectivity index (χ0v) is 14.9. The Bertz CT molecular complexity index is 849. The highest BCUT2D eigenvalue weighted by atomic mass is 19.4. The van der Waals surface area contributed by atoms with Crippen molar-refractivity contribution in [2.75, 3.05) is 11.9 Å². The third-order valence-electron chi connectivity index (χ3n) is 3.39. The average molecular weight is 393 g/mol. The molecule has 2 amide bonds. The normalized spacial score (nSPS) is 11.3. The Labute approximate surface area is 159 Å². The minimum absolute atomic E-state index is 0.151. The van der Waals surface area contributed by atoms with Gasteiger partial charge in [0.05, 0.1) is 18.4 Å². The molecule has 0 atom stereocenters. The van der Waals surface area contributed by atoms with Crippen molar-refractivity contribution in [1.29, 1.82) is 0 Å². The Morgan fingerprint density at radius 1 is 1.11 bits per heavy atom. The fraction of sp³-hybridized carbons (Fsp3) is 0.211. The Morgan fingerprint density at radius 3 is 2.46 bits per heavy atom. The molecular weight excluding hydrogens is 375 g/mol. The van der Waals surface area contributed by atoms with Gasteiger partial charge in [-0.1, -0.05) is 13.0 Å². The van der Waals surface area contributed by atoms with E-state index in [-0.39, 0.29) is 5.69 Å². The molecule has 0 heterocycles. The molecule has 0 bridgehead atoms. The number of ether oxygens (including phenoxy) is 1. The number of benzene rings is 2. The smallest absolute Gasteiger partial charge is 0.416 e. The van der Waals surface area contributed by atoms with E-state index in [0.29, 0.717) is 17.9 Å². The van der Waals surface area contributed by atoms with Crippen molar-refractivity contribution in [1.82, 2.24) is 5.43 Å². The Kier molecular flexibility index (Phi) is 7.14. The van der Waals surface area contributed by atoms with Crippen LogP contribution in [0, 0.1) is 0 Å². The second kappa shape index (κ2) is 9.54. The molecule has 0 saturated carbocycles. The lowest BCUT2D eigenvalue weighted by Gasteiger charge is -2.09. The van der Waals surface area contributed by atoms with Gasteiger partial charge in [-0.2, -0.15) is 18.3 Å². The van der Waals surface area contributed by atoms with Gasteiger partial charge in [0, 0.05) is 5.69 Å². The summed E-state index contributed by atoms with van der Waals surface area (Å²) in [6.07, 6.45) is -2.35. The lowest BCUT2D eigenvalue weighted by molar-refractivity contribution is -0.137. The fourth-order valence-corrected chi connectivity index (χ4v) is 2.05. The van der Waals surface area contributed by atoms with Gasteiger partial charge in [0.15, 0.2) is 0 Å². The number of carbonyl (C=O) groups is 2. The van der Waals surface area contributed by atoms with Gasteiger partial charge in [0.25, 0.3) is 0 Å². The summed E-state index contributed by atoms with van der Waals surface area (Å²) in [4.78, 5) is 23.5. The molecule has 0 aliphatic carbocycles. The number of nitrogens with one attached hydrogen (secondary N) is 2. The van der Waals surface area contributed by atoms with Gasteiger partial charge in [0.2, 0.25) is 0 Å². The second-order valence-electron chi connectivity index (χ2n) is 5.65. The predicted octanol–water partition coefficient (Wildman–Crippen LogP) is 3.58. The van der Waals surface area contributed by atoms with Gasteiger partial charge in [0.1, 0.15) is 5.75 Å². The van der Waals surface area contributed by atoms with E-state index < -0.39 is 23.6 Å². The number of carbonyl (C=O) groups excluding carboxylic acids is 2. The van der Waals surface area contributed by atoms with Crippen LogP contribution in [0.4, 0.5) is 18.9 Å². The van der Waals surface area contributed by atoms with Crippen LogP contribution in [-0.2, 0) is 15.8 Å². The van der Waals surface area contributed by atoms with Gasteiger partial charge < -0.3 is 10.1 Å². The van der Waals surface area contributed by atoms with Crippen molar-refractivity contribution in [2.45, 2.75) is 19.5 Å². The maximum atomic E-state index is 12.7. The molecule has 6 nitrogen and oxygen atoms in total. The van der Waals surface area contributed by atoms with Crippen LogP contribution in [-0.4, -0.2) is 24.6 Å². The average Bonchev–Trinajstić information content (AvgIpc) is 2.66. The van der Waals surface area contributed by atoms with Crippen LogP contribution in [0.5, 0.6) is 5.75 Å². The van der Waals surface area contributed by atoms with Crippen molar-refractivity contribution in [2.24, 2.45) is 5.10 Å². The Balaban J connectivity index is 1.89. The number of anilines is 1. The second-order valence-corrected chi connectivity index (χ2v) is 5.65. The van der Waals surface area contributed by atoms with Crippen LogP contribution in [0.25, 0.3) is 0 Å². The van der Waals surface area contributed by atoms with E-state index >= 15 is 0 Å². The number of nitrogens with zero attached hydrogens (tertiary/aromatic N) is 1. The first-order chi connectivity index (χ1) is 13.3. The molecule has 0 aliphatic rings. The first kappa shape index (κ1) is 20.9. The molecule has 2 N–H and O–H groups in total. The van der Waals surface area contributed by atoms with Gasteiger partial charge in [-0.3, -0.25) is 9.59 Å². The van der Waals surface area contributed by atoms with E-state index in [9.17, 15) is 22.8 Å². The minimum atomic E-state index is -4.55. The highest BCUT2D eigenvalue weighted by Crippen LogP contribution is 2.30. The number of hydrogen-bond donors (Lipinski definition) is 2. The van der Waals surface area contributed by atoms with Gasteiger partial charge in [-0.05, 0) is 54.4 Å². The summed E-state index contributed by atoms with van der Waals surface area (Å²) in [5.74, 6) is -1.56. The lowest BCUT2D eigenvalue weighted by Crippen LogP contribution is -2.32. The molecule has 0 spiro atoms. The van der Waals surface area contributed by atoms with E-state index in [2.05, 4.69) is 10.4 Å². The summed E-state index contributed by atoms with van der Waals surface area (Å²) in [5.41, 5.74) is 1.58. The summed E-state index contributed by atoms with van der Waals surface area (Å²) in [6.45, 7) is 2.59. The maximum absolute atomic E-state index is 12.7. The number of alkyl halides is 3. The number of hydrazone groups is 1. The number of rotatable bonds is 6. The van der Waals surface area contributed by atoms with Crippen molar-refractivity contribution in [3.05, 3.63) is 59.7 Å². The van der Waals surface area contributed by atoms with E-state index in [1.165, 1.54) is 12.3 Å². The van der Waals surface area contributed by atoms with E-state index in [1.54, 1.807) is 24.3 Å². The zero-order valence-electron chi connectivity index (χ0n) is 14.9. The third-order valence-corrected chi connectivity index (χ3v) is 3.39. The number of amides is 2.